The van der Waals surface area contributed by atoms with Crippen molar-refractivity contribution in [3.8, 4) is 0 Å². The van der Waals surface area contributed by atoms with Gasteiger partial charge in [-0.25, -0.2) is 0 Å². The molecule has 0 fully saturated rings. The van der Waals surface area contributed by atoms with Crippen molar-refractivity contribution in [3.63, 3.8) is 0 Å². The molecule has 0 aromatic heterocycles. The second kappa shape index (κ2) is 6.20. The van der Waals surface area contributed by atoms with Gasteiger partial charge in [-0.3, -0.25) is 4.79 Å². The second-order valence-electron chi connectivity index (χ2n) is 2.84. The number of rotatable bonds is 5. The normalized spacial score (nSPS) is 10.0. The number of hydrogen-bond acceptors (Lipinski definition) is 2. The van der Waals surface area contributed by atoms with Crippen molar-refractivity contribution in [2.24, 2.45) is 0 Å². The molecule has 3 nitrogen and oxygen atoms in total. The summed E-state index contributed by atoms with van der Waals surface area (Å²) in [6.45, 7) is 8.45. The Morgan fingerprint density at radius 2 is 2.08 bits per heavy atom. The Hall–Kier alpha value is -0.350. The van der Waals surface area contributed by atoms with E-state index in [1.807, 2.05) is 13.8 Å². The molecule has 12 heavy (non-hydrogen) atoms. The van der Waals surface area contributed by atoms with Gasteiger partial charge in [0, 0.05) is 17.1 Å². The molecule has 0 rings (SSSR count). The van der Waals surface area contributed by atoms with E-state index in [1.165, 1.54) is 0 Å². The van der Waals surface area contributed by atoms with Crippen LogP contribution >= 0.6 is 15.9 Å². The van der Waals surface area contributed by atoms with Gasteiger partial charge in [-0.15, -0.1) is 0 Å². The van der Waals surface area contributed by atoms with Crippen LogP contribution in [0.5, 0.6) is 0 Å². The molecule has 0 aromatic rings. The maximum atomic E-state index is 11.0. The highest BCUT2D eigenvalue weighted by molar-refractivity contribution is 9.11. The summed E-state index contributed by atoms with van der Waals surface area (Å²) in [7, 11) is 0. The van der Waals surface area contributed by atoms with Crippen LogP contribution < -0.4 is 10.6 Å². The lowest BCUT2D eigenvalue weighted by atomic mass is 10.4. The second-order valence-corrected chi connectivity index (χ2v) is 3.96. The van der Waals surface area contributed by atoms with E-state index < -0.39 is 0 Å². The Kier molecular flexibility index (Phi) is 6.02. The lowest BCUT2D eigenvalue weighted by molar-refractivity contribution is -0.120. The Bertz CT molecular complexity index is 168. The molecule has 0 aromatic carbocycles. The number of amides is 1. The molecule has 0 aliphatic carbocycles. The number of carbonyl (C=O) groups is 1. The van der Waals surface area contributed by atoms with Crippen molar-refractivity contribution >= 4 is 21.8 Å². The maximum absolute atomic E-state index is 11.0. The van der Waals surface area contributed by atoms with Gasteiger partial charge in [0.05, 0.1) is 6.54 Å². The topological polar surface area (TPSA) is 41.1 Å². The summed E-state index contributed by atoms with van der Waals surface area (Å²) in [5, 5.41) is 5.70. The average molecular weight is 235 g/mol. The van der Waals surface area contributed by atoms with E-state index in [0.29, 0.717) is 13.1 Å². The zero-order valence-corrected chi connectivity index (χ0v) is 9.07. The van der Waals surface area contributed by atoms with Crippen LogP contribution in [0, 0.1) is 0 Å². The van der Waals surface area contributed by atoms with Gasteiger partial charge >= 0.3 is 0 Å². The van der Waals surface area contributed by atoms with Gasteiger partial charge in [0.25, 0.3) is 0 Å². The third-order valence-electron chi connectivity index (χ3n) is 1.05. The Labute approximate surface area is 81.7 Å². The van der Waals surface area contributed by atoms with Crippen LogP contribution in [0.4, 0.5) is 0 Å². The number of nitrogens with one attached hydrogen (secondary N) is 2. The fourth-order valence-electron chi connectivity index (χ4n) is 0.685. The van der Waals surface area contributed by atoms with Gasteiger partial charge < -0.3 is 10.6 Å². The molecule has 4 heteroatoms. The van der Waals surface area contributed by atoms with Crippen molar-refractivity contribution in [2.75, 3.05) is 13.1 Å². The van der Waals surface area contributed by atoms with E-state index in [-0.39, 0.29) is 11.9 Å². The Balaban J connectivity index is 3.38. The van der Waals surface area contributed by atoms with E-state index in [9.17, 15) is 4.79 Å². The molecule has 0 unspecified atom stereocenters. The van der Waals surface area contributed by atoms with Crippen molar-refractivity contribution in [1.29, 1.82) is 0 Å². The van der Waals surface area contributed by atoms with Crippen molar-refractivity contribution < 1.29 is 4.79 Å². The highest BCUT2D eigenvalue weighted by Crippen LogP contribution is 1.95. The van der Waals surface area contributed by atoms with Gasteiger partial charge in [-0.2, -0.15) is 0 Å². The van der Waals surface area contributed by atoms with Crippen molar-refractivity contribution in [1.82, 2.24) is 10.6 Å². The zero-order chi connectivity index (χ0) is 9.56. The summed E-state index contributed by atoms with van der Waals surface area (Å²) >= 11 is 3.19. The molecule has 0 saturated carbocycles. The van der Waals surface area contributed by atoms with Crippen molar-refractivity contribution in [2.45, 2.75) is 19.9 Å². The molecule has 70 valence electrons. The molecule has 0 aliphatic heterocycles. The van der Waals surface area contributed by atoms with Crippen LogP contribution in [0.25, 0.3) is 0 Å². The third kappa shape index (κ3) is 7.75. The van der Waals surface area contributed by atoms with E-state index >= 15 is 0 Å². The quantitative estimate of drug-likeness (QED) is 0.746. The summed E-state index contributed by atoms with van der Waals surface area (Å²) in [6, 6.07) is 0.200. The maximum Gasteiger partial charge on any atom is 0.234 e. The first-order valence-corrected chi connectivity index (χ1v) is 4.65. The minimum Gasteiger partial charge on any atom is -0.353 e. The summed E-state index contributed by atoms with van der Waals surface area (Å²) in [5.41, 5.74) is 0. The van der Waals surface area contributed by atoms with Crippen LogP contribution in [-0.2, 0) is 4.79 Å². The molecule has 0 radical (unpaired) electrons. The fourth-order valence-corrected chi connectivity index (χ4v) is 0.883. The number of hydrogen-bond donors (Lipinski definition) is 2. The summed E-state index contributed by atoms with van der Waals surface area (Å²) in [6.07, 6.45) is 0. The standard InChI is InChI=1S/C8H15BrN2O/c1-6(2)11-8(12)5-10-4-7(3)9/h6,10H,3-5H2,1-2H3,(H,11,12). The van der Waals surface area contributed by atoms with E-state index in [0.717, 1.165) is 4.48 Å². The fraction of sp³-hybridized carbons (Fsp3) is 0.625. The first kappa shape index (κ1) is 11.6. The highest BCUT2D eigenvalue weighted by Gasteiger charge is 2.01. The average Bonchev–Trinajstić information content (AvgIpc) is 1.84. The lowest BCUT2D eigenvalue weighted by Gasteiger charge is -2.08. The molecular weight excluding hydrogens is 220 g/mol. The molecule has 0 saturated heterocycles. The smallest absolute Gasteiger partial charge is 0.234 e. The number of carbonyl (C=O) groups excluding carboxylic acids is 1. The Morgan fingerprint density at radius 3 is 2.50 bits per heavy atom. The largest absolute Gasteiger partial charge is 0.353 e. The van der Waals surface area contributed by atoms with E-state index in [2.05, 4.69) is 33.1 Å². The first-order chi connectivity index (χ1) is 5.52. The molecule has 0 aliphatic rings. The zero-order valence-electron chi connectivity index (χ0n) is 7.48. The lowest BCUT2D eigenvalue weighted by Crippen LogP contribution is -2.37. The van der Waals surface area contributed by atoms with Gasteiger partial charge in [0.2, 0.25) is 5.91 Å². The minimum absolute atomic E-state index is 0.0127. The molecule has 0 bridgehead atoms. The monoisotopic (exact) mass is 234 g/mol. The van der Waals surface area contributed by atoms with Crippen LogP contribution in [0.3, 0.4) is 0 Å². The van der Waals surface area contributed by atoms with Gasteiger partial charge in [-0.1, -0.05) is 22.5 Å². The Morgan fingerprint density at radius 1 is 1.50 bits per heavy atom. The summed E-state index contributed by atoms with van der Waals surface area (Å²) in [5.74, 6) is 0.0127. The predicted molar refractivity (Wildman–Crippen MR) is 54.2 cm³/mol. The third-order valence-corrected chi connectivity index (χ3v) is 1.33. The summed E-state index contributed by atoms with van der Waals surface area (Å²) in [4.78, 5) is 11.0. The van der Waals surface area contributed by atoms with Gasteiger partial charge in [-0.05, 0) is 13.8 Å². The SMILES string of the molecule is C=C(Br)CNCC(=O)NC(C)C. The van der Waals surface area contributed by atoms with E-state index in [4.69, 9.17) is 0 Å². The van der Waals surface area contributed by atoms with Gasteiger partial charge in [0.15, 0.2) is 0 Å². The first-order valence-electron chi connectivity index (χ1n) is 3.85. The highest BCUT2D eigenvalue weighted by atomic mass is 79.9. The predicted octanol–water partition coefficient (Wildman–Crippen LogP) is 1.01. The van der Waals surface area contributed by atoms with Crippen LogP contribution in [0.2, 0.25) is 0 Å². The van der Waals surface area contributed by atoms with Crippen LogP contribution in [-0.4, -0.2) is 25.0 Å². The van der Waals surface area contributed by atoms with Crippen molar-refractivity contribution in [3.05, 3.63) is 11.1 Å². The van der Waals surface area contributed by atoms with Crippen LogP contribution in [0.1, 0.15) is 13.8 Å². The molecular formula is C8H15BrN2O. The minimum atomic E-state index is 0.0127. The van der Waals surface area contributed by atoms with Gasteiger partial charge in [0.1, 0.15) is 0 Å². The molecule has 1 amide bonds. The molecule has 0 atom stereocenters. The van der Waals surface area contributed by atoms with Crippen LogP contribution in [0.15, 0.2) is 11.1 Å². The number of halogens is 1. The molecule has 0 heterocycles. The summed E-state index contributed by atoms with van der Waals surface area (Å²) < 4.78 is 0.847. The van der Waals surface area contributed by atoms with E-state index in [1.54, 1.807) is 0 Å². The molecule has 2 N–H and O–H groups in total. The molecule has 0 spiro atoms.